The topological polar surface area (TPSA) is 52.0 Å². The molecular weight excluding hydrogens is 200 g/mol. The Labute approximate surface area is 84.0 Å². The molecule has 0 aliphatic carbocycles. The minimum atomic E-state index is -3.32. The van der Waals surface area contributed by atoms with Crippen molar-refractivity contribution in [3.8, 4) is 12.3 Å². The van der Waals surface area contributed by atoms with E-state index in [-0.39, 0.29) is 0 Å². The first-order valence-electron chi connectivity index (χ1n) is 4.01. The molecule has 1 aromatic rings. The summed E-state index contributed by atoms with van der Waals surface area (Å²) in [5.41, 5.74) is -0.688. The molecule has 0 saturated carbocycles. The average molecular weight is 212 g/mol. The molecule has 0 unspecified atom stereocenters. The molecule has 1 heterocycles. The molecule has 0 radical (unpaired) electrons. The van der Waals surface area contributed by atoms with Gasteiger partial charge in [-0.15, -0.1) is 6.42 Å². The van der Waals surface area contributed by atoms with Gasteiger partial charge in [0, 0.05) is 12.4 Å². The Morgan fingerprint density at radius 1 is 1.57 bits per heavy atom. The van der Waals surface area contributed by atoms with Crippen LogP contribution in [0, 0.1) is 12.3 Å². The summed E-state index contributed by atoms with van der Waals surface area (Å²) in [7, 11) is -3.32. The minimum absolute atomic E-state index is 0.363. The molecule has 0 N–H and O–H groups in total. The zero-order valence-electron chi connectivity index (χ0n) is 8.35. The molecule has 0 spiro atoms. The number of imidazole rings is 1. The van der Waals surface area contributed by atoms with Gasteiger partial charge in [-0.1, -0.05) is 5.92 Å². The molecule has 0 aliphatic rings. The number of hydrogen-bond acceptors (Lipinski definition) is 3. The van der Waals surface area contributed by atoms with Gasteiger partial charge in [0.25, 0.3) is 0 Å². The van der Waals surface area contributed by atoms with Crippen LogP contribution >= 0.6 is 0 Å². The molecule has 1 rings (SSSR count). The fourth-order valence-electron chi connectivity index (χ4n) is 1.06. The van der Waals surface area contributed by atoms with Crippen molar-refractivity contribution < 1.29 is 8.42 Å². The van der Waals surface area contributed by atoms with E-state index in [1.807, 2.05) is 0 Å². The third-order valence-electron chi connectivity index (χ3n) is 1.88. The number of rotatable bonds is 2. The minimum Gasteiger partial charge on any atom is -0.239 e. The lowest BCUT2D eigenvalue weighted by atomic mass is 9.94. The van der Waals surface area contributed by atoms with E-state index < -0.39 is 15.4 Å². The van der Waals surface area contributed by atoms with Crippen molar-refractivity contribution in [2.24, 2.45) is 0 Å². The fourth-order valence-corrected chi connectivity index (χ4v) is 1.93. The molecule has 0 bridgehead atoms. The van der Waals surface area contributed by atoms with E-state index in [1.165, 1.54) is 12.4 Å². The summed E-state index contributed by atoms with van der Waals surface area (Å²) in [4.78, 5) is 3.97. The summed E-state index contributed by atoms with van der Waals surface area (Å²) in [6.45, 7) is 3.49. The van der Waals surface area contributed by atoms with Crippen LogP contribution in [-0.2, 0) is 15.4 Å². The Hall–Kier alpha value is -1.28. The Bertz CT molecular complexity index is 477. The second-order valence-electron chi connectivity index (χ2n) is 3.58. The van der Waals surface area contributed by atoms with Crippen molar-refractivity contribution in [1.82, 2.24) is 8.96 Å². The summed E-state index contributed by atoms with van der Waals surface area (Å²) in [5.74, 6) is 2.87. The standard InChI is InChI=1S/C9H12N2O2S/c1-5-9(2,3)8-10-6-7-11(8)14(4,12)13/h1,6-7H,2-4H3. The number of hydrogen-bond donors (Lipinski definition) is 0. The lowest BCUT2D eigenvalue weighted by Gasteiger charge is -2.17. The normalized spacial score (nSPS) is 12.4. The lowest BCUT2D eigenvalue weighted by Crippen LogP contribution is -2.24. The van der Waals surface area contributed by atoms with Crippen LogP contribution in [0.25, 0.3) is 0 Å². The van der Waals surface area contributed by atoms with Gasteiger partial charge in [-0.25, -0.2) is 17.4 Å². The van der Waals surface area contributed by atoms with Gasteiger partial charge in [-0.05, 0) is 13.8 Å². The maximum Gasteiger partial charge on any atom is 0.237 e. The third kappa shape index (κ3) is 1.80. The Morgan fingerprint density at radius 3 is 2.57 bits per heavy atom. The van der Waals surface area contributed by atoms with E-state index in [1.54, 1.807) is 13.8 Å². The Balaban J connectivity index is 3.42. The Kier molecular flexibility index (Phi) is 2.42. The third-order valence-corrected chi connectivity index (χ3v) is 2.89. The van der Waals surface area contributed by atoms with Crippen molar-refractivity contribution >= 4 is 10.0 Å². The summed E-state index contributed by atoms with van der Waals surface area (Å²) in [6.07, 6.45) is 9.25. The van der Waals surface area contributed by atoms with Crippen molar-refractivity contribution in [1.29, 1.82) is 0 Å². The SMILES string of the molecule is C#CC(C)(C)c1nccn1S(C)(=O)=O. The van der Waals surface area contributed by atoms with E-state index in [9.17, 15) is 8.42 Å². The molecule has 0 amide bonds. The maximum atomic E-state index is 11.3. The van der Waals surface area contributed by atoms with Gasteiger partial charge in [-0.3, -0.25) is 0 Å². The molecule has 0 aliphatic heterocycles. The first-order chi connectivity index (χ1) is 6.29. The van der Waals surface area contributed by atoms with E-state index in [0.29, 0.717) is 5.82 Å². The van der Waals surface area contributed by atoms with E-state index in [0.717, 1.165) is 10.2 Å². The molecule has 14 heavy (non-hydrogen) atoms. The van der Waals surface area contributed by atoms with Crippen LogP contribution < -0.4 is 0 Å². The number of terminal acetylenes is 1. The second kappa shape index (κ2) is 3.14. The van der Waals surface area contributed by atoms with Gasteiger partial charge in [0.15, 0.2) is 0 Å². The van der Waals surface area contributed by atoms with Crippen molar-refractivity contribution in [3.63, 3.8) is 0 Å². The first-order valence-corrected chi connectivity index (χ1v) is 5.86. The molecule has 0 fully saturated rings. The predicted molar refractivity (Wildman–Crippen MR) is 54.3 cm³/mol. The number of aromatic nitrogens is 2. The van der Waals surface area contributed by atoms with Crippen molar-refractivity contribution in [2.45, 2.75) is 19.3 Å². The second-order valence-corrected chi connectivity index (χ2v) is 5.44. The van der Waals surface area contributed by atoms with Gasteiger partial charge in [0.1, 0.15) is 5.82 Å². The van der Waals surface area contributed by atoms with Crippen LogP contribution in [0.1, 0.15) is 19.7 Å². The van der Waals surface area contributed by atoms with Crippen LogP contribution in [-0.4, -0.2) is 23.6 Å². The molecule has 1 aromatic heterocycles. The highest BCUT2D eigenvalue weighted by atomic mass is 32.2. The smallest absolute Gasteiger partial charge is 0.237 e. The largest absolute Gasteiger partial charge is 0.239 e. The van der Waals surface area contributed by atoms with Gasteiger partial charge in [-0.2, -0.15) is 0 Å². The van der Waals surface area contributed by atoms with Crippen molar-refractivity contribution in [3.05, 3.63) is 18.2 Å². The van der Waals surface area contributed by atoms with E-state index in [4.69, 9.17) is 6.42 Å². The van der Waals surface area contributed by atoms with E-state index in [2.05, 4.69) is 10.9 Å². The zero-order valence-corrected chi connectivity index (χ0v) is 9.17. The molecule has 76 valence electrons. The van der Waals surface area contributed by atoms with Gasteiger partial charge in [0.2, 0.25) is 10.0 Å². The molecule has 4 nitrogen and oxygen atoms in total. The van der Waals surface area contributed by atoms with Crippen LogP contribution in [0.2, 0.25) is 0 Å². The van der Waals surface area contributed by atoms with Crippen LogP contribution in [0.5, 0.6) is 0 Å². The quantitative estimate of drug-likeness (QED) is 0.675. The fraction of sp³-hybridized carbons (Fsp3) is 0.444. The van der Waals surface area contributed by atoms with Crippen molar-refractivity contribution in [2.75, 3.05) is 6.26 Å². The Morgan fingerprint density at radius 2 is 2.14 bits per heavy atom. The molecule has 0 aromatic carbocycles. The highest BCUT2D eigenvalue weighted by Gasteiger charge is 2.26. The van der Waals surface area contributed by atoms with E-state index >= 15 is 0 Å². The monoisotopic (exact) mass is 212 g/mol. The van der Waals surface area contributed by atoms with Crippen LogP contribution in [0.15, 0.2) is 12.4 Å². The summed E-state index contributed by atoms with van der Waals surface area (Å²) in [5, 5.41) is 0. The highest BCUT2D eigenvalue weighted by Crippen LogP contribution is 2.20. The molecule has 0 atom stereocenters. The molecular formula is C9H12N2O2S. The summed E-state index contributed by atoms with van der Waals surface area (Å²) in [6, 6.07) is 0. The average Bonchev–Trinajstić information content (AvgIpc) is 2.51. The maximum absolute atomic E-state index is 11.3. The van der Waals surface area contributed by atoms with Gasteiger partial charge in [0.05, 0.1) is 11.7 Å². The van der Waals surface area contributed by atoms with Crippen LogP contribution in [0.3, 0.4) is 0 Å². The summed E-state index contributed by atoms with van der Waals surface area (Å²) < 4.78 is 23.8. The summed E-state index contributed by atoms with van der Waals surface area (Å²) >= 11 is 0. The van der Waals surface area contributed by atoms with Gasteiger partial charge < -0.3 is 0 Å². The van der Waals surface area contributed by atoms with Crippen LogP contribution in [0.4, 0.5) is 0 Å². The molecule has 0 saturated heterocycles. The first kappa shape index (κ1) is 10.8. The molecule has 5 heteroatoms. The highest BCUT2D eigenvalue weighted by molar-refractivity contribution is 7.89. The predicted octanol–water partition coefficient (Wildman–Crippen LogP) is 0.602. The lowest BCUT2D eigenvalue weighted by molar-refractivity contribution is 0.576. The van der Waals surface area contributed by atoms with Gasteiger partial charge >= 0.3 is 0 Å². The number of nitrogens with zero attached hydrogens (tertiary/aromatic N) is 2. The zero-order chi connectivity index (χ0) is 11.0.